The first kappa shape index (κ1) is 19.2. The van der Waals surface area contributed by atoms with Crippen molar-refractivity contribution in [1.82, 2.24) is 15.1 Å². The van der Waals surface area contributed by atoms with E-state index in [-0.39, 0.29) is 12.3 Å². The third-order valence-corrected chi connectivity index (χ3v) is 4.42. The first-order chi connectivity index (χ1) is 13.4. The van der Waals surface area contributed by atoms with Crippen molar-refractivity contribution in [3.63, 3.8) is 0 Å². The SMILES string of the molecule is COc1cc(CNC(=O)C(=O)c2c(C)nn(-c3ccccc3)c2C)ccc1O. The van der Waals surface area contributed by atoms with Gasteiger partial charge in [0, 0.05) is 6.54 Å². The first-order valence-corrected chi connectivity index (χ1v) is 8.72. The molecule has 2 N–H and O–H groups in total. The number of hydrogen-bond acceptors (Lipinski definition) is 5. The van der Waals surface area contributed by atoms with Crippen LogP contribution in [0.3, 0.4) is 0 Å². The van der Waals surface area contributed by atoms with E-state index in [0.29, 0.717) is 28.3 Å². The number of nitrogens with zero attached hydrogens (tertiary/aromatic N) is 2. The number of hydrogen-bond donors (Lipinski definition) is 2. The summed E-state index contributed by atoms with van der Waals surface area (Å²) in [6.07, 6.45) is 0. The van der Waals surface area contributed by atoms with Gasteiger partial charge in [-0.15, -0.1) is 0 Å². The molecule has 7 heteroatoms. The number of aromatic hydroxyl groups is 1. The zero-order chi connectivity index (χ0) is 20.3. The van der Waals surface area contributed by atoms with Crippen LogP contribution < -0.4 is 10.1 Å². The quantitative estimate of drug-likeness (QED) is 0.507. The fourth-order valence-electron chi connectivity index (χ4n) is 3.00. The molecule has 1 aromatic heterocycles. The number of nitrogens with one attached hydrogen (secondary N) is 1. The smallest absolute Gasteiger partial charge is 0.292 e. The van der Waals surface area contributed by atoms with Gasteiger partial charge in [-0.1, -0.05) is 24.3 Å². The van der Waals surface area contributed by atoms with Crippen molar-refractivity contribution in [2.75, 3.05) is 7.11 Å². The van der Waals surface area contributed by atoms with Crippen molar-refractivity contribution in [3.05, 3.63) is 71.0 Å². The summed E-state index contributed by atoms with van der Waals surface area (Å²) < 4.78 is 6.70. The number of para-hydroxylation sites is 1. The van der Waals surface area contributed by atoms with Gasteiger partial charge in [0.2, 0.25) is 0 Å². The van der Waals surface area contributed by atoms with Crippen LogP contribution in [0.5, 0.6) is 11.5 Å². The van der Waals surface area contributed by atoms with Gasteiger partial charge in [-0.3, -0.25) is 9.59 Å². The van der Waals surface area contributed by atoms with Crippen LogP contribution in [-0.4, -0.2) is 33.7 Å². The number of methoxy groups -OCH3 is 1. The van der Waals surface area contributed by atoms with Crippen LogP contribution in [-0.2, 0) is 11.3 Å². The molecule has 0 aliphatic rings. The Balaban J connectivity index is 1.77. The molecule has 28 heavy (non-hydrogen) atoms. The molecule has 1 heterocycles. The summed E-state index contributed by atoms with van der Waals surface area (Å²) in [4.78, 5) is 25.1. The molecular weight excluding hydrogens is 358 g/mol. The highest BCUT2D eigenvalue weighted by atomic mass is 16.5. The van der Waals surface area contributed by atoms with Crippen molar-refractivity contribution in [2.24, 2.45) is 0 Å². The molecule has 3 aromatic rings. The molecule has 144 valence electrons. The molecule has 0 saturated carbocycles. The summed E-state index contributed by atoms with van der Waals surface area (Å²) in [6.45, 7) is 3.60. The van der Waals surface area contributed by atoms with Crippen molar-refractivity contribution < 1.29 is 19.4 Å². The van der Waals surface area contributed by atoms with E-state index >= 15 is 0 Å². The van der Waals surface area contributed by atoms with Gasteiger partial charge in [0.05, 0.1) is 29.7 Å². The standard InChI is InChI=1S/C21H21N3O4/c1-13-19(14(2)24(23-13)16-7-5-4-6-8-16)20(26)21(27)22-12-15-9-10-17(25)18(11-15)28-3/h4-11,25H,12H2,1-3H3,(H,22,27). The Labute approximate surface area is 162 Å². The largest absolute Gasteiger partial charge is 0.504 e. The number of aryl methyl sites for hydroxylation is 1. The number of benzene rings is 2. The first-order valence-electron chi connectivity index (χ1n) is 8.72. The lowest BCUT2D eigenvalue weighted by Crippen LogP contribution is -2.31. The number of ketones is 1. The molecule has 0 aliphatic heterocycles. The summed E-state index contributed by atoms with van der Waals surface area (Å²) in [5.41, 5.74) is 2.91. The zero-order valence-corrected chi connectivity index (χ0v) is 15.9. The normalized spacial score (nSPS) is 10.5. The summed E-state index contributed by atoms with van der Waals surface area (Å²) in [7, 11) is 1.44. The molecule has 0 bridgehead atoms. The number of ether oxygens (including phenoxy) is 1. The van der Waals surface area contributed by atoms with Crippen LogP contribution in [0.2, 0.25) is 0 Å². The van der Waals surface area contributed by atoms with E-state index in [4.69, 9.17) is 4.74 Å². The molecule has 0 atom stereocenters. The van der Waals surface area contributed by atoms with Crippen molar-refractivity contribution >= 4 is 11.7 Å². The molecule has 2 aromatic carbocycles. The molecule has 3 rings (SSSR count). The lowest BCUT2D eigenvalue weighted by molar-refractivity contribution is -0.117. The number of phenolic OH excluding ortho intramolecular Hbond substituents is 1. The summed E-state index contributed by atoms with van der Waals surface area (Å²) in [5, 5.41) is 16.6. The number of carbonyl (C=O) groups excluding carboxylic acids is 2. The van der Waals surface area contributed by atoms with Crippen molar-refractivity contribution in [1.29, 1.82) is 0 Å². The Morgan fingerprint density at radius 2 is 1.86 bits per heavy atom. The van der Waals surface area contributed by atoms with Gasteiger partial charge >= 0.3 is 0 Å². The van der Waals surface area contributed by atoms with Crippen LogP contribution in [0.15, 0.2) is 48.5 Å². The highest BCUT2D eigenvalue weighted by Crippen LogP contribution is 2.26. The monoisotopic (exact) mass is 379 g/mol. The molecule has 0 fully saturated rings. The molecule has 0 saturated heterocycles. The Bertz CT molecular complexity index is 1030. The van der Waals surface area contributed by atoms with Gasteiger partial charge in [0.25, 0.3) is 11.7 Å². The molecule has 7 nitrogen and oxygen atoms in total. The maximum Gasteiger partial charge on any atom is 0.292 e. The predicted molar refractivity (Wildman–Crippen MR) is 104 cm³/mol. The second kappa shape index (κ2) is 7.96. The van der Waals surface area contributed by atoms with Crippen LogP contribution >= 0.6 is 0 Å². The lowest BCUT2D eigenvalue weighted by Gasteiger charge is -2.08. The number of carbonyl (C=O) groups is 2. The minimum absolute atomic E-state index is 0.00762. The lowest BCUT2D eigenvalue weighted by atomic mass is 10.1. The molecular formula is C21H21N3O4. The molecule has 0 aliphatic carbocycles. The van der Waals surface area contributed by atoms with Gasteiger partial charge in [0.15, 0.2) is 11.5 Å². The van der Waals surface area contributed by atoms with E-state index in [9.17, 15) is 14.7 Å². The van der Waals surface area contributed by atoms with Crippen molar-refractivity contribution in [3.8, 4) is 17.2 Å². The van der Waals surface area contributed by atoms with E-state index in [1.165, 1.54) is 13.2 Å². The molecule has 1 amide bonds. The Morgan fingerprint density at radius 1 is 1.14 bits per heavy atom. The third-order valence-electron chi connectivity index (χ3n) is 4.42. The minimum atomic E-state index is -0.717. The maximum atomic E-state index is 12.7. The van der Waals surface area contributed by atoms with Crippen LogP contribution in [0.1, 0.15) is 27.3 Å². The Morgan fingerprint density at radius 3 is 2.54 bits per heavy atom. The fourth-order valence-corrected chi connectivity index (χ4v) is 3.00. The summed E-state index contributed by atoms with van der Waals surface area (Å²) in [6, 6.07) is 14.1. The van der Waals surface area contributed by atoms with E-state index < -0.39 is 11.7 Å². The number of Topliss-reactive ketones (excluding diaryl/α,β-unsaturated/α-hetero) is 1. The zero-order valence-electron chi connectivity index (χ0n) is 15.9. The second-order valence-electron chi connectivity index (χ2n) is 6.31. The average molecular weight is 379 g/mol. The number of amides is 1. The summed E-state index contributed by atoms with van der Waals surface area (Å²) in [5.74, 6) is -1.05. The van der Waals surface area contributed by atoms with Crippen LogP contribution in [0, 0.1) is 13.8 Å². The third kappa shape index (κ3) is 3.73. The van der Waals surface area contributed by atoms with E-state index in [1.54, 1.807) is 30.7 Å². The average Bonchev–Trinajstić information content (AvgIpc) is 3.01. The van der Waals surface area contributed by atoms with Crippen LogP contribution in [0.25, 0.3) is 5.69 Å². The highest BCUT2D eigenvalue weighted by Gasteiger charge is 2.25. The summed E-state index contributed by atoms with van der Waals surface area (Å²) >= 11 is 0. The predicted octanol–water partition coefficient (Wildman–Crippen LogP) is 2.70. The Hall–Kier alpha value is -3.61. The number of phenols is 1. The topological polar surface area (TPSA) is 93.5 Å². The van der Waals surface area contributed by atoms with Gasteiger partial charge in [0.1, 0.15) is 0 Å². The highest BCUT2D eigenvalue weighted by molar-refractivity contribution is 6.43. The second-order valence-corrected chi connectivity index (χ2v) is 6.31. The fraction of sp³-hybridized carbons (Fsp3) is 0.190. The maximum absolute atomic E-state index is 12.7. The molecule has 0 unspecified atom stereocenters. The number of rotatable bonds is 6. The minimum Gasteiger partial charge on any atom is -0.504 e. The van der Waals surface area contributed by atoms with E-state index in [2.05, 4.69) is 10.4 Å². The van der Waals surface area contributed by atoms with Gasteiger partial charge in [-0.2, -0.15) is 5.10 Å². The Kier molecular flexibility index (Phi) is 5.44. The van der Waals surface area contributed by atoms with Gasteiger partial charge in [-0.05, 0) is 43.7 Å². The molecule has 0 radical (unpaired) electrons. The van der Waals surface area contributed by atoms with E-state index in [0.717, 1.165) is 5.69 Å². The van der Waals surface area contributed by atoms with Gasteiger partial charge < -0.3 is 15.2 Å². The van der Waals surface area contributed by atoms with Gasteiger partial charge in [-0.25, -0.2) is 4.68 Å². The van der Waals surface area contributed by atoms with Crippen LogP contribution in [0.4, 0.5) is 0 Å². The molecule has 0 spiro atoms. The number of aromatic nitrogens is 2. The van der Waals surface area contributed by atoms with E-state index in [1.807, 2.05) is 30.3 Å². The van der Waals surface area contributed by atoms with Crippen molar-refractivity contribution in [2.45, 2.75) is 20.4 Å².